The van der Waals surface area contributed by atoms with Crippen molar-refractivity contribution >= 4 is 49.0 Å². The van der Waals surface area contributed by atoms with Crippen LogP contribution in [0.25, 0.3) is 11.6 Å². The number of aromatic nitrogens is 1. The fourth-order valence-corrected chi connectivity index (χ4v) is 14.2. The number of benzene rings is 4. The molecular formula is C48H47BFNO6Si. The van der Waals surface area contributed by atoms with E-state index in [0.29, 0.717) is 41.6 Å². The highest BCUT2D eigenvalue weighted by Gasteiger charge is 2.55. The largest absolute Gasteiger partial charge is 0.505 e. The van der Waals surface area contributed by atoms with Gasteiger partial charge in [-0.1, -0.05) is 118 Å². The number of hydrogen-bond acceptors (Lipinski definition) is 7. The van der Waals surface area contributed by atoms with Crippen LogP contribution in [0.4, 0.5) is 4.39 Å². The van der Waals surface area contributed by atoms with Gasteiger partial charge in [-0.2, -0.15) is 0 Å². The zero-order valence-corrected chi connectivity index (χ0v) is 34.0. The van der Waals surface area contributed by atoms with E-state index in [1.807, 2.05) is 60.7 Å². The van der Waals surface area contributed by atoms with Crippen molar-refractivity contribution in [1.29, 1.82) is 0 Å². The second-order valence-electron chi connectivity index (χ2n) is 16.7. The monoisotopic (exact) mass is 791 g/mol. The molecule has 0 bridgehead atoms. The number of rotatable bonds is 10. The first-order valence-electron chi connectivity index (χ1n) is 20.0. The summed E-state index contributed by atoms with van der Waals surface area (Å²) in [5.74, 6) is -3.00. The third-order valence-electron chi connectivity index (χ3n) is 12.2. The lowest BCUT2D eigenvalue weighted by molar-refractivity contribution is 0.0592. The first-order valence-corrected chi connectivity index (χ1v) is 22.0. The van der Waals surface area contributed by atoms with E-state index in [4.69, 9.17) is 9.08 Å². The van der Waals surface area contributed by atoms with Gasteiger partial charge >= 0.3 is 7.12 Å². The number of phenols is 1. The second-order valence-corrected chi connectivity index (χ2v) is 21.0. The third kappa shape index (κ3) is 7.34. The van der Waals surface area contributed by atoms with Crippen LogP contribution in [0, 0.1) is 23.6 Å². The van der Waals surface area contributed by atoms with Crippen LogP contribution in [-0.4, -0.2) is 54.8 Å². The van der Waals surface area contributed by atoms with Gasteiger partial charge < -0.3 is 19.2 Å². The number of hydrogen-bond donors (Lipinski definition) is 2. The quantitative estimate of drug-likeness (QED) is 0.108. The minimum absolute atomic E-state index is 0.0544. The molecule has 4 aromatic carbocycles. The molecule has 7 nitrogen and oxygen atoms in total. The Morgan fingerprint density at radius 2 is 1.52 bits per heavy atom. The highest BCUT2D eigenvalue weighted by Crippen LogP contribution is 2.51. The molecular weight excluding hydrogens is 744 g/mol. The summed E-state index contributed by atoms with van der Waals surface area (Å²) >= 11 is 0. The molecule has 294 valence electrons. The minimum atomic E-state index is -3.03. The van der Waals surface area contributed by atoms with Crippen molar-refractivity contribution in [3.63, 3.8) is 0 Å². The number of halogens is 1. The zero-order chi connectivity index (χ0) is 40.6. The van der Waals surface area contributed by atoms with Crippen molar-refractivity contribution in [3.8, 4) is 5.75 Å². The molecule has 1 aromatic heterocycles. The summed E-state index contributed by atoms with van der Waals surface area (Å²) in [5.41, 5.74) is 4.79. The number of pyridine rings is 1. The van der Waals surface area contributed by atoms with Gasteiger partial charge in [0.05, 0.1) is 18.4 Å². The topological polar surface area (TPSA) is 106 Å². The van der Waals surface area contributed by atoms with E-state index in [9.17, 15) is 24.1 Å². The summed E-state index contributed by atoms with van der Waals surface area (Å²) in [4.78, 5) is 33.5. The van der Waals surface area contributed by atoms with E-state index in [2.05, 4.69) is 50.0 Å². The maximum Gasteiger partial charge on any atom is 0.455 e. The van der Waals surface area contributed by atoms with Crippen LogP contribution in [-0.2, 0) is 9.08 Å². The third-order valence-corrected chi connectivity index (χ3v) is 17.2. The van der Waals surface area contributed by atoms with Gasteiger partial charge in [-0.05, 0) is 99.5 Å². The normalized spacial score (nSPS) is 21.1. The summed E-state index contributed by atoms with van der Waals surface area (Å²) in [6.45, 7) is 6.90. The van der Waals surface area contributed by atoms with Crippen LogP contribution in [0.3, 0.4) is 0 Å². The molecule has 8 rings (SSSR count). The SMILES string of the molecule is CC(C)(C)[Si](OCC1=C2[C@@H](CC/C(=C/c3ccc(O)c(F)c3)c3ccccn3)OB(O)C[C@@H]2[C@@H]2C(=O)c3ccccc3C(=O)[C@@H]2C1)(c1ccccc1)c1ccccc1. The number of carbonyl (C=O) groups is 2. The molecule has 1 aliphatic heterocycles. The average Bonchev–Trinajstić information content (AvgIpc) is 3.23. The molecule has 4 atom stereocenters. The number of fused-ring (bicyclic) bond motifs is 4. The van der Waals surface area contributed by atoms with Crippen LogP contribution in [0.1, 0.15) is 72.0 Å². The Kier molecular flexibility index (Phi) is 11.0. The number of ketones is 2. The van der Waals surface area contributed by atoms with Crippen molar-refractivity contribution in [2.45, 2.75) is 57.5 Å². The number of nitrogens with zero attached hydrogens (tertiary/aromatic N) is 1. The Hall–Kier alpha value is -5.26. The Balaban J connectivity index is 1.24. The van der Waals surface area contributed by atoms with Gasteiger partial charge in [0.25, 0.3) is 8.32 Å². The molecule has 10 heteroatoms. The Morgan fingerprint density at radius 3 is 2.14 bits per heavy atom. The van der Waals surface area contributed by atoms with Crippen molar-refractivity contribution in [2.24, 2.45) is 17.8 Å². The van der Waals surface area contributed by atoms with Crippen LogP contribution in [0.15, 0.2) is 139 Å². The van der Waals surface area contributed by atoms with Crippen LogP contribution in [0.5, 0.6) is 5.75 Å². The molecule has 1 fully saturated rings. The van der Waals surface area contributed by atoms with E-state index >= 15 is 0 Å². The second kappa shape index (κ2) is 16.2. The lowest BCUT2D eigenvalue weighted by Crippen LogP contribution is -2.66. The number of carbonyl (C=O) groups excluding carboxylic acids is 2. The summed E-state index contributed by atoms with van der Waals surface area (Å²) in [7, 11) is -4.19. The van der Waals surface area contributed by atoms with E-state index < -0.39 is 50.9 Å². The Labute approximate surface area is 340 Å². The van der Waals surface area contributed by atoms with Crippen LogP contribution >= 0.6 is 0 Å². The molecule has 2 aliphatic carbocycles. The lowest BCUT2D eigenvalue weighted by atomic mass is 9.54. The molecule has 1 saturated heterocycles. The van der Waals surface area contributed by atoms with Gasteiger partial charge in [-0.15, -0.1) is 0 Å². The van der Waals surface area contributed by atoms with Gasteiger partial charge in [0.1, 0.15) is 0 Å². The van der Waals surface area contributed by atoms with Crippen LogP contribution < -0.4 is 10.4 Å². The maximum atomic E-state index is 14.5. The van der Waals surface area contributed by atoms with Crippen molar-refractivity contribution < 1.29 is 33.2 Å². The molecule has 0 spiro atoms. The molecule has 5 aromatic rings. The number of phenolic OH excluding ortho intramolecular Hbond substituents is 1. The zero-order valence-electron chi connectivity index (χ0n) is 33.0. The highest BCUT2D eigenvalue weighted by molar-refractivity contribution is 6.99. The standard InChI is InChI=1S/C48H47BFNO6Si/c1-48(2,3)58(34-14-6-4-7-15-34,35-16-8-5-9-17-35)56-30-33-28-38-45(47(54)37-19-11-10-18-36(37)46(38)53)39-29-49(55)57-43(44(33)39)24-22-32(41-20-12-13-25-51-41)26-31-21-23-42(52)40(50)27-31/h4-21,23,25-27,38-39,43,45,52,55H,22,24,28-30H2,1-3H3/b32-26-/t38-,39+,43-,45-/m1/s1. The van der Waals surface area contributed by atoms with E-state index in [1.165, 1.54) is 12.1 Å². The van der Waals surface area contributed by atoms with Gasteiger partial charge in [0.15, 0.2) is 23.1 Å². The first-order chi connectivity index (χ1) is 28.0. The molecule has 0 amide bonds. The molecule has 58 heavy (non-hydrogen) atoms. The number of Topliss-reactive ketones (excluding diaryl/α,β-unsaturated/α-hetero) is 2. The molecule has 3 aliphatic rings. The first kappa shape index (κ1) is 39.6. The molecule has 2 heterocycles. The van der Waals surface area contributed by atoms with Gasteiger partial charge in [0.2, 0.25) is 0 Å². The van der Waals surface area contributed by atoms with E-state index in [-0.39, 0.29) is 29.5 Å². The highest BCUT2D eigenvalue weighted by atomic mass is 28.4. The number of aromatic hydroxyl groups is 1. The molecule has 0 unspecified atom stereocenters. The molecule has 0 radical (unpaired) electrons. The van der Waals surface area contributed by atoms with Crippen molar-refractivity contribution in [3.05, 3.63) is 167 Å². The Bertz CT molecular complexity index is 2340. The minimum Gasteiger partial charge on any atom is -0.505 e. The predicted octanol–water partition coefficient (Wildman–Crippen LogP) is 8.33. The van der Waals surface area contributed by atoms with Crippen molar-refractivity contribution in [1.82, 2.24) is 4.98 Å². The molecule has 0 saturated carbocycles. The fraction of sp³-hybridized carbons (Fsp3) is 0.271. The van der Waals surface area contributed by atoms with Crippen molar-refractivity contribution in [2.75, 3.05) is 6.61 Å². The van der Waals surface area contributed by atoms with Gasteiger partial charge in [0, 0.05) is 29.2 Å². The lowest BCUT2D eigenvalue weighted by Gasteiger charge is -2.48. The van der Waals surface area contributed by atoms with Gasteiger partial charge in [-0.25, -0.2) is 4.39 Å². The molecule has 2 N–H and O–H groups in total. The predicted molar refractivity (Wildman–Crippen MR) is 228 cm³/mol. The van der Waals surface area contributed by atoms with E-state index in [1.54, 1.807) is 36.5 Å². The average molecular weight is 792 g/mol. The summed E-state index contributed by atoms with van der Waals surface area (Å²) in [6, 6.07) is 37.7. The maximum absolute atomic E-state index is 14.5. The number of allylic oxidation sites excluding steroid dienone is 1. The summed E-state index contributed by atoms with van der Waals surface area (Å²) in [5, 5.41) is 23.2. The van der Waals surface area contributed by atoms with E-state index in [0.717, 1.165) is 27.1 Å². The van der Waals surface area contributed by atoms with Gasteiger partial charge in [-0.3, -0.25) is 14.6 Å². The summed E-state index contributed by atoms with van der Waals surface area (Å²) < 4.78 is 28.5. The Morgan fingerprint density at radius 1 is 0.879 bits per heavy atom. The van der Waals surface area contributed by atoms with Crippen LogP contribution in [0.2, 0.25) is 11.4 Å². The fourth-order valence-electron chi connectivity index (χ4n) is 9.69. The summed E-state index contributed by atoms with van der Waals surface area (Å²) in [6.07, 6.45) is 4.28. The smallest absolute Gasteiger partial charge is 0.455 e.